The largest absolute Gasteiger partial charge is 0.452 e. The van der Waals surface area contributed by atoms with Crippen LogP contribution in [0.2, 0.25) is 19.6 Å². The predicted octanol–water partition coefficient (Wildman–Crippen LogP) is 2.39. The molecule has 1 atom stereocenters. The minimum Gasteiger partial charge on any atom is -0.452 e. The van der Waals surface area contributed by atoms with Gasteiger partial charge in [0.05, 0.1) is 7.11 Å². The number of nitrogens with zero attached hydrogens (tertiary/aromatic N) is 1. The molecule has 0 radical (unpaired) electrons. The van der Waals surface area contributed by atoms with Crippen LogP contribution in [0, 0.1) is 11.5 Å². The lowest BCUT2D eigenvalue weighted by Gasteiger charge is -2.23. The summed E-state index contributed by atoms with van der Waals surface area (Å²) in [5, 5.41) is 0. The lowest BCUT2D eigenvalue weighted by molar-refractivity contribution is 0.137. The van der Waals surface area contributed by atoms with Crippen LogP contribution in [0.3, 0.4) is 0 Å². The van der Waals surface area contributed by atoms with E-state index in [0.29, 0.717) is 0 Å². The minimum atomic E-state index is -1.41. The smallest absolute Gasteiger partial charge is 0.414 e. The van der Waals surface area contributed by atoms with E-state index in [4.69, 9.17) is 4.74 Å². The van der Waals surface area contributed by atoms with Crippen molar-refractivity contribution in [2.75, 3.05) is 7.11 Å². The molecule has 0 aliphatic carbocycles. The third kappa shape index (κ3) is 3.59. The van der Waals surface area contributed by atoms with Gasteiger partial charge in [0.15, 0.2) is 0 Å². The molecule has 1 aliphatic rings. The molecule has 3 nitrogen and oxygen atoms in total. The maximum absolute atomic E-state index is 11.5. The van der Waals surface area contributed by atoms with Crippen molar-refractivity contribution < 1.29 is 9.53 Å². The quantitative estimate of drug-likeness (QED) is 0.476. The van der Waals surface area contributed by atoms with Crippen LogP contribution in [0.1, 0.15) is 0 Å². The number of carbonyl (C=O) groups is 1. The number of allylic oxidation sites excluding steroid dienone is 2. The predicted molar refractivity (Wildman–Crippen MR) is 67.4 cm³/mol. The number of ether oxygens (including phenoxy) is 1. The van der Waals surface area contributed by atoms with Crippen LogP contribution in [0.4, 0.5) is 4.79 Å². The van der Waals surface area contributed by atoms with E-state index < -0.39 is 8.07 Å². The van der Waals surface area contributed by atoms with Gasteiger partial charge in [-0.15, -0.1) is 5.54 Å². The summed E-state index contributed by atoms with van der Waals surface area (Å²) in [7, 11) is -0.0411. The molecule has 0 saturated heterocycles. The van der Waals surface area contributed by atoms with Crippen LogP contribution in [0.15, 0.2) is 24.4 Å². The number of carbonyl (C=O) groups excluding carboxylic acids is 1. The van der Waals surface area contributed by atoms with Crippen molar-refractivity contribution in [3.05, 3.63) is 24.4 Å². The Morgan fingerprint density at radius 1 is 1.38 bits per heavy atom. The monoisotopic (exact) mass is 235 g/mol. The van der Waals surface area contributed by atoms with E-state index in [0.717, 1.165) is 0 Å². The van der Waals surface area contributed by atoms with Crippen molar-refractivity contribution in [2.24, 2.45) is 0 Å². The Morgan fingerprint density at radius 3 is 2.62 bits per heavy atom. The molecule has 1 heterocycles. The summed E-state index contributed by atoms with van der Waals surface area (Å²) in [6.07, 6.45) is 6.89. The lowest BCUT2D eigenvalue weighted by atomic mass is 10.2. The van der Waals surface area contributed by atoms with Gasteiger partial charge in [-0.25, -0.2) is 4.79 Å². The van der Waals surface area contributed by atoms with Crippen molar-refractivity contribution in [1.29, 1.82) is 0 Å². The van der Waals surface area contributed by atoms with Crippen LogP contribution in [-0.4, -0.2) is 32.2 Å². The molecule has 4 heteroatoms. The minimum absolute atomic E-state index is 0.204. The van der Waals surface area contributed by atoms with Gasteiger partial charge < -0.3 is 4.74 Å². The van der Waals surface area contributed by atoms with E-state index in [1.165, 1.54) is 12.0 Å². The van der Waals surface area contributed by atoms with Crippen LogP contribution < -0.4 is 0 Å². The van der Waals surface area contributed by atoms with Gasteiger partial charge in [-0.2, -0.15) is 0 Å². The number of hydrogen-bond acceptors (Lipinski definition) is 2. The van der Waals surface area contributed by atoms with E-state index in [9.17, 15) is 4.79 Å². The highest BCUT2D eigenvalue weighted by Crippen LogP contribution is 2.10. The molecule has 1 unspecified atom stereocenters. The molecular formula is C12H17NO2Si. The summed E-state index contributed by atoms with van der Waals surface area (Å²) in [4.78, 5) is 13.0. The molecule has 0 fully saturated rings. The van der Waals surface area contributed by atoms with Gasteiger partial charge >= 0.3 is 6.09 Å². The first kappa shape index (κ1) is 12.6. The van der Waals surface area contributed by atoms with Crippen molar-refractivity contribution in [2.45, 2.75) is 25.7 Å². The molecule has 1 rings (SSSR count). The average Bonchev–Trinajstić information content (AvgIpc) is 2.25. The van der Waals surface area contributed by atoms with E-state index in [1.807, 2.05) is 12.2 Å². The maximum Gasteiger partial charge on any atom is 0.414 e. The molecule has 0 aromatic rings. The fraction of sp³-hybridized carbons (Fsp3) is 0.417. The summed E-state index contributed by atoms with van der Waals surface area (Å²) in [6, 6.07) is -0.204. The molecule has 0 aromatic heterocycles. The Balaban J connectivity index is 2.84. The van der Waals surface area contributed by atoms with E-state index in [1.54, 1.807) is 12.3 Å². The number of hydrogen-bond donors (Lipinski definition) is 0. The Labute approximate surface area is 97.8 Å². The number of amides is 1. The zero-order valence-electron chi connectivity index (χ0n) is 10.2. The summed E-state index contributed by atoms with van der Waals surface area (Å²) in [5.41, 5.74) is 3.25. The number of rotatable bonds is 0. The standard InChI is InChI=1S/C12H17NO2Si/c1-15-12(14)13-9-6-5-7-11(13)8-10-16(2,3)4/h5-7,9,11H,1-4H3. The maximum atomic E-state index is 11.5. The molecular weight excluding hydrogens is 218 g/mol. The first-order valence-corrected chi connectivity index (χ1v) is 8.68. The fourth-order valence-corrected chi connectivity index (χ4v) is 1.77. The van der Waals surface area contributed by atoms with Gasteiger partial charge in [0.25, 0.3) is 0 Å². The van der Waals surface area contributed by atoms with Gasteiger partial charge in [-0.1, -0.05) is 31.6 Å². The van der Waals surface area contributed by atoms with Crippen molar-refractivity contribution in [3.8, 4) is 11.5 Å². The van der Waals surface area contributed by atoms with Gasteiger partial charge in [-0.3, -0.25) is 4.90 Å². The third-order valence-corrected chi connectivity index (χ3v) is 2.83. The Morgan fingerprint density at radius 2 is 2.06 bits per heavy atom. The molecule has 16 heavy (non-hydrogen) atoms. The summed E-state index contributed by atoms with van der Waals surface area (Å²) >= 11 is 0. The van der Waals surface area contributed by atoms with Crippen LogP contribution >= 0.6 is 0 Å². The van der Waals surface area contributed by atoms with Gasteiger partial charge in [0.1, 0.15) is 14.1 Å². The van der Waals surface area contributed by atoms with Crippen LogP contribution in [0.5, 0.6) is 0 Å². The zero-order chi connectivity index (χ0) is 12.2. The van der Waals surface area contributed by atoms with Crippen molar-refractivity contribution in [1.82, 2.24) is 4.90 Å². The highest BCUT2D eigenvalue weighted by atomic mass is 28.3. The van der Waals surface area contributed by atoms with Crippen molar-refractivity contribution >= 4 is 14.2 Å². The normalized spacial score (nSPS) is 19.0. The topological polar surface area (TPSA) is 29.5 Å². The second-order valence-electron chi connectivity index (χ2n) is 4.57. The third-order valence-electron chi connectivity index (χ3n) is 1.93. The van der Waals surface area contributed by atoms with E-state index in [2.05, 4.69) is 31.1 Å². The Kier molecular flexibility index (Phi) is 3.97. The first-order valence-electron chi connectivity index (χ1n) is 5.18. The van der Waals surface area contributed by atoms with Crippen LogP contribution in [0.25, 0.3) is 0 Å². The van der Waals surface area contributed by atoms with Gasteiger partial charge in [-0.05, 0) is 12.2 Å². The Hall–Kier alpha value is -1.47. The van der Waals surface area contributed by atoms with E-state index in [-0.39, 0.29) is 12.1 Å². The SMILES string of the molecule is COC(=O)N1C=CC=CC1C#C[Si](C)(C)C. The average molecular weight is 235 g/mol. The molecule has 86 valence electrons. The molecule has 0 N–H and O–H groups in total. The fourth-order valence-electron chi connectivity index (χ4n) is 1.19. The second kappa shape index (κ2) is 5.04. The molecule has 0 bridgehead atoms. The van der Waals surface area contributed by atoms with Gasteiger partial charge in [0, 0.05) is 6.20 Å². The highest BCUT2D eigenvalue weighted by molar-refractivity contribution is 6.83. The Bertz CT molecular complexity index is 382. The second-order valence-corrected chi connectivity index (χ2v) is 9.32. The molecule has 0 spiro atoms. The van der Waals surface area contributed by atoms with E-state index >= 15 is 0 Å². The molecule has 1 aliphatic heterocycles. The summed E-state index contributed by atoms with van der Waals surface area (Å²) in [5.74, 6) is 3.13. The van der Waals surface area contributed by atoms with Crippen molar-refractivity contribution in [3.63, 3.8) is 0 Å². The zero-order valence-corrected chi connectivity index (χ0v) is 11.2. The van der Waals surface area contributed by atoms with Gasteiger partial charge in [0.2, 0.25) is 0 Å². The molecule has 0 aromatic carbocycles. The first-order chi connectivity index (χ1) is 7.44. The summed E-state index contributed by atoms with van der Waals surface area (Å²) < 4.78 is 4.70. The lowest BCUT2D eigenvalue weighted by Crippen LogP contribution is -2.35. The molecule has 0 saturated carbocycles. The number of methoxy groups -OCH3 is 1. The summed E-state index contributed by atoms with van der Waals surface area (Å²) in [6.45, 7) is 6.51. The van der Waals surface area contributed by atoms with Crippen LogP contribution in [-0.2, 0) is 4.74 Å². The highest BCUT2D eigenvalue weighted by Gasteiger charge is 2.20. The molecule has 1 amide bonds.